The highest BCUT2D eigenvalue weighted by atomic mass is 32.3. The van der Waals surface area contributed by atoms with Crippen LogP contribution in [0.15, 0.2) is 28.3 Å². The van der Waals surface area contributed by atoms with Crippen LogP contribution >= 0.6 is 10.6 Å². The van der Waals surface area contributed by atoms with Gasteiger partial charge in [-0.3, -0.25) is 14.1 Å². The quantitative estimate of drug-likeness (QED) is 0.452. The topological polar surface area (TPSA) is 155 Å². The smallest absolute Gasteiger partial charge is 0.220 e. The van der Waals surface area contributed by atoms with Crippen molar-refractivity contribution in [3.05, 3.63) is 29.6 Å². The van der Waals surface area contributed by atoms with E-state index in [4.69, 9.17) is 5.53 Å². The van der Waals surface area contributed by atoms with Gasteiger partial charge < -0.3 is 15.2 Å². The van der Waals surface area contributed by atoms with Gasteiger partial charge in [-0.1, -0.05) is 0 Å². The number of nitrogens with zero attached hydrogens (tertiary/aromatic N) is 3. The molecule has 1 aromatic carbocycles. The number of amidine groups is 1. The Morgan fingerprint density at radius 1 is 1.46 bits per heavy atom. The molecule has 1 heterocycles. The molecule has 12 heteroatoms. The largest absolute Gasteiger partial charge is 0.530 e. The highest BCUT2D eigenvalue weighted by Crippen LogP contribution is 2.65. The first-order chi connectivity index (χ1) is 11.9. The highest BCUT2D eigenvalue weighted by Gasteiger charge is 2.58. The molecule has 0 spiro atoms. The van der Waals surface area contributed by atoms with Crippen LogP contribution in [0.5, 0.6) is 0 Å². The van der Waals surface area contributed by atoms with Crippen LogP contribution in [0, 0.1) is 11.3 Å². The van der Waals surface area contributed by atoms with E-state index in [0.29, 0.717) is 0 Å². The fraction of sp³-hybridized carbons (Fsp3) is 0.429. The Kier molecular flexibility index (Phi) is 4.90. The lowest BCUT2D eigenvalue weighted by Crippen LogP contribution is -2.59. The minimum Gasteiger partial charge on any atom is -0.530 e. The molecular formula is C14H17F2N5O4S. The molecule has 2 atom stereocenters. The molecule has 1 amide bonds. The van der Waals surface area contributed by atoms with E-state index in [1.807, 2.05) is 5.32 Å². The van der Waals surface area contributed by atoms with Crippen molar-refractivity contribution in [3.63, 3.8) is 0 Å². The van der Waals surface area contributed by atoms with Crippen molar-refractivity contribution in [2.24, 2.45) is 10.1 Å². The maximum atomic E-state index is 15.2. The number of carbonyl (C=O) groups excluding carboxylic acids is 1. The van der Waals surface area contributed by atoms with E-state index in [1.54, 1.807) is 0 Å². The fourth-order valence-corrected chi connectivity index (χ4v) is 4.34. The lowest BCUT2D eigenvalue weighted by molar-refractivity contribution is -0.248. The summed E-state index contributed by atoms with van der Waals surface area (Å²) in [5, 5.41) is 16.2. The van der Waals surface area contributed by atoms with Crippen LogP contribution in [0.4, 0.5) is 19.3 Å². The Balaban J connectivity index is 2.78. The molecule has 0 bridgehead atoms. The molecule has 1 aromatic rings. The minimum absolute atomic E-state index is 0.00995. The normalized spacial score (nSPS) is 27.7. The zero-order chi connectivity index (χ0) is 19.9. The van der Waals surface area contributed by atoms with E-state index in [2.05, 4.69) is 15.0 Å². The number of hydrogen-bond donors (Lipinski definition) is 4. The average molecular weight is 389 g/mol. The molecule has 0 saturated carbocycles. The van der Waals surface area contributed by atoms with Gasteiger partial charge in [0.2, 0.25) is 10.4 Å². The Labute approximate surface area is 148 Å². The number of nitrogens with one attached hydrogen (secondary N) is 2. The Morgan fingerprint density at radius 2 is 2.08 bits per heavy atom. The van der Waals surface area contributed by atoms with Crippen LogP contribution in [-0.4, -0.2) is 31.3 Å². The molecular weight excluding hydrogens is 372 g/mol. The second kappa shape index (κ2) is 6.40. The van der Waals surface area contributed by atoms with Gasteiger partial charge in [-0.05, 0) is 39.0 Å². The number of rotatable bonds is 2. The van der Waals surface area contributed by atoms with Crippen molar-refractivity contribution in [3.8, 4) is 0 Å². The van der Waals surface area contributed by atoms with E-state index >= 15 is 4.39 Å². The molecule has 1 aliphatic rings. The lowest BCUT2D eigenvalue weighted by Gasteiger charge is -2.56. The molecule has 26 heavy (non-hydrogen) atoms. The summed E-state index contributed by atoms with van der Waals surface area (Å²) in [4.78, 5) is 17.7. The van der Waals surface area contributed by atoms with Crippen LogP contribution in [-0.2, 0) is 5.54 Å². The monoisotopic (exact) mass is 389 g/mol. The summed E-state index contributed by atoms with van der Waals surface area (Å²) in [5.41, 5.74) is 1.71. The summed E-state index contributed by atoms with van der Waals surface area (Å²) in [7, 11) is -4.14. The third-order valence-electron chi connectivity index (χ3n) is 4.28. The first kappa shape index (κ1) is 19.9. The van der Waals surface area contributed by atoms with E-state index in [9.17, 15) is 23.4 Å². The molecule has 0 aromatic heterocycles. The van der Waals surface area contributed by atoms with Crippen molar-refractivity contribution in [2.45, 2.75) is 36.6 Å². The van der Waals surface area contributed by atoms with Crippen molar-refractivity contribution >= 4 is 28.2 Å². The average Bonchev–Trinajstić information content (AvgIpc) is 2.53. The minimum atomic E-state index is -4.14. The number of carbonyl (C=O) groups is 1. The zero-order valence-corrected chi connectivity index (χ0v) is 14.8. The molecule has 2 rings (SSSR count). The Hall–Kier alpha value is -2.40. The second-order valence-corrected chi connectivity index (χ2v) is 8.92. The van der Waals surface area contributed by atoms with Gasteiger partial charge >= 0.3 is 0 Å². The van der Waals surface area contributed by atoms with E-state index in [0.717, 1.165) is 19.1 Å². The maximum absolute atomic E-state index is 15.2. The zero-order valence-electron chi connectivity index (χ0n) is 14.0. The van der Waals surface area contributed by atoms with Crippen LogP contribution in [0.25, 0.3) is 0 Å². The SMILES string of the molecule is CC1(C)C(NC(=O)[O-])=N[C@](C)(c2cc(N=[N+]=N)ccc2F)[C@@H](F)S1(O)O. The molecule has 0 fully saturated rings. The van der Waals surface area contributed by atoms with Gasteiger partial charge in [-0.25, -0.2) is 8.78 Å². The maximum Gasteiger partial charge on any atom is 0.220 e. The number of amides is 1. The molecule has 0 unspecified atom stereocenters. The predicted octanol–water partition coefficient (Wildman–Crippen LogP) is 2.39. The molecule has 0 radical (unpaired) electrons. The highest BCUT2D eigenvalue weighted by molar-refractivity contribution is 8.26. The molecule has 1 aliphatic heterocycles. The van der Waals surface area contributed by atoms with Crippen molar-refractivity contribution in [1.29, 1.82) is 5.53 Å². The number of benzene rings is 1. The Morgan fingerprint density at radius 3 is 2.62 bits per heavy atom. The summed E-state index contributed by atoms with van der Waals surface area (Å²) in [6.45, 7) is 3.49. The van der Waals surface area contributed by atoms with E-state index in [1.165, 1.54) is 19.9 Å². The summed E-state index contributed by atoms with van der Waals surface area (Å²) in [6.07, 6.45) is -1.79. The first-order valence-corrected chi connectivity index (χ1v) is 8.85. The molecule has 0 aliphatic carbocycles. The van der Waals surface area contributed by atoms with Crippen LogP contribution < -0.4 is 15.3 Å². The predicted molar refractivity (Wildman–Crippen MR) is 88.5 cm³/mol. The van der Waals surface area contributed by atoms with Gasteiger partial charge in [0.1, 0.15) is 33.6 Å². The summed E-state index contributed by atoms with van der Waals surface area (Å²) >= 11 is 0. The lowest BCUT2D eigenvalue weighted by atomic mass is 9.92. The van der Waals surface area contributed by atoms with E-state index < -0.39 is 49.7 Å². The van der Waals surface area contributed by atoms with Gasteiger partial charge in [0.05, 0.1) is 0 Å². The third-order valence-corrected chi connectivity index (χ3v) is 7.01. The van der Waals surface area contributed by atoms with Crippen molar-refractivity contribution in [2.75, 3.05) is 0 Å². The second-order valence-electron chi connectivity index (χ2n) is 6.30. The molecule has 0 saturated heterocycles. The number of aliphatic imine (C=N–C) groups is 1. The van der Waals surface area contributed by atoms with Gasteiger partial charge in [0.15, 0.2) is 10.8 Å². The van der Waals surface area contributed by atoms with Gasteiger partial charge in [0.25, 0.3) is 0 Å². The summed E-state index contributed by atoms with van der Waals surface area (Å²) < 4.78 is 48.7. The summed E-state index contributed by atoms with van der Waals surface area (Å²) in [6, 6.07) is 3.17. The molecule has 142 valence electrons. The first-order valence-electron chi connectivity index (χ1n) is 7.24. The van der Waals surface area contributed by atoms with Crippen molar-refractivity contribution in [1.82, 2.24) is 10.2 Å². The Bertz CT molecular complexity index is 841. The number of carboxylic acid groups (broad SMARTS) is 1. The summed E-state index contributed by atoms with van der Waals surface area (Å²) in [5.74, 6) is -1.40. The van der Waals surface area contributed by atoms with Crippen LogP contribution in [0.3, 0.4) is 0 Å². The number of halogens is 2. The molecule has 9 nitrogen and oxygen atoms in total. The number of hydrogen-bond acceptors (Lipinski definition) is 7. The number of alkyl halides is 1. The van der Waals surface area contributed by atoms with Gasteiger partial charge in [-0.15, -0.1) is 0 Å². The van der Waals surface area contributed by atoms with E-state index in [-0.39, 0.29) is 5.69 Å². The fourth-order valence-electron chi connectivity index (χ4n) is 2.62. The third kappa shape index (κ3) is 2.97. The molecule has 4 N–H and O–H groups in total. The van der Waals surface area contributed by atoms with Crippen molar-refractivity contribution < 1.29 is 27.8 Å². The van der Waals surface area contributed by atoms with Gasteiger partial charge in [0, 0.05) is 5.56 Å². The van der Waals surface area contributed by atoms with Crippen LogP contribution in [0.1, 0.15) is 26.3 Å². The standard InChI is InChI=1S/C14H17F2N5O4S/c1-13(2)11(18-12(22)23)19-14(3,10(16)26(13,24)25)8-6-7(20-21-17)4-5-9(8)15/h4-6,10,17H,1-3H3,(H3-,18,19,22,23,24,25)/t10-,14+/m0/s1. The van der Waals surface area contributed by atoms with Gasteiger partial charge in [-0.2, -0.15) is 10.6 Å². The van der Waals surface area contributed by atoms with Crippen LogP contribution in [0.2, 0.25) is 0 Å².